The molecule has 0 radical (unpaired) electrons. The van der Waals surface area contributed by atoms with E-state index in [9.17, 15) is 4.79 Å². The molecular weight excluding hydrogens is 182 g/mol. The number of aliphatic hydroxyl groups is 1. The van der Waals surface area contributed by atoms with Gasteiger partial charge in [-0.05, 0) is 19.1 Å². The van der Waals surface area contributed by atoms with Crippen molar-refractivity contribution in [2.24, 2.45) is 0 Å². The quantitative estimate of drug-likeness (QED) is 0.696. The van der Waals surface area contributed by atoms with Crippen LogP contribution in [0.2, 0.25) is 0 Å². The number of rotatable bonds is 4. The zero-order valence-corrected chi connectivity index (χ0v) is 7.93. The fourth-order valence-corrected chi connectivity index (χ4v) is 0.840. The normalized spacial score (nSPS) is 12.1. The Morgan fingerprint density at radius 1 is 1.50 bits per heavy atom. The lowest BCUT2D eigenvalue weighted by Gasteiger charge is -2.09. The zero-order chi connectivity index (χ0) is 10.4. The maximum absolute atomic E-state index is 11.3. The smallest absolute Gasteiger partial charge is 0.274 e. The lowest BCUT2D eigenvalue weighted by Crippen LogP contribution is -2.29. The lowest BCUT2D eigenvalue weighted by atomic mass is 10.2. The summed E-state index contributed by atoms with van der Waals surface area (Å²) in [7, 11) is 0. The molecule has 1 aromatic carbocycles. The predicted molar refractivity (Wildman–Crippen MR) is 51.5 cm³/mol. The summed E-state index contributed by atoms with van der Waals surface area (Å²) >= 11 is 0. The molecular formula is C10H13NO3. The molecule has 0 aliphatic rings. The second kappa shape index (κ2) is 5.36. The highest BCUT2D eigenvalue weighted by molar-refractivity contribution is 5.93. The fourth-order valence-electron chi connectivity index (χ4n) is 0.840. The SMILES string of the molecule is C[C@@H](CO)ONC(=O)c1ccccc1. The van der Waals surface area contributed by atoms with E-state index >= 15 is 0 Å². The molecule has 76 valence electrons. The van der Waals surface area contributed by atoms with E-state index in [0.29, 0.717) is 5.56 Å². The van der Waals surface area contributed by atoms with Crippen molar-refractivity contribution in [2.75, 3.05) is 6.61 Å². The molecule has 0 saturated heterocycles. The third-order valence-electron chi connectivity index (χ3n) is 1.65. The van der Waals surface area contributed by atoms with Gasteiger partial charge in [-0.3, -0.25) is 9.63 Å². The number of benzene rings is 1. The van der Waals surface area contributed by atoms with E-state index in [0.717, 1.165) is 0 Å². The number of hydroxylamine groups is 1. The summed E-state index contributed by atoms with van der Waals surface area (Å²) in [5.74, 6) is -0.314. The Morgan fingerprint density at radius 2 is 2.14 bits per heavy atom. The van der Waals surface area contributed by atoms with Crippen LogP contribution < -0.4 is 5.48 Å². The second-order valence-corrected chi connectivity index (χ2v) is 2.91. The van der Waals surface area contributed by atoms with Crippen LogP contribution in [0.1, 0.15) is 17.3 Å². The molecule has 0 aliphatic carbocycles. The van der Waals surface area contributed by atoms with Crippen molar-refractivity contribution >= 4 is 5.91 Å². The number of amides is 1. The molecule has 2 N–H and O–H groups in total. The molecule has 0 fully saturated rings. The zero-order valence-electron chi connectivity index (χ0n) is 7.93. The van der Waals surface area contributed by atoms with Crippen LogP contribution in [0, 0.1) is 0 Å². The van der Waals surface area contributed by atoms with E-state index in [2.05, 4.69) is 5.48 Å². The highest BCUT2D eigenvalue weighted by Crippen LogP contribution is 1.98. The van der Waals surface area contributed by atoms with Crippen molar-refractivity contribution in [2.45, 2.75) is 13.0 Å². The van der Waals surface area contributed by atoms with Crippen LogP contribution in [-0.2, 0) is 4.84 Å². The molecule has 1 atom stereocenters. The second-order valence-electron chi connectivity index (χ2n) is 2.91. The summed E-state index contributed by atoms with van der Waals surface area (Å²) in [6.45, 7) is 1.53. The van der Waals surface area contributed by atoms with Crippen LogP contribution in [0.3, 0.4) is 0 Å². The van der Waals surface area contributed by atoms with Gasteiger partial charge in [-0.15, -0.1) is 0 Å². The Morgan fingerprint density at radius 3 is 2.71 bits per heavy atom. The molecule has 0 saturated carbocycles. The predicted octanol–water partition coefficient (Wildman–Crippen LogP) is 0.729. The van der Waals surface area contributed by atoms with Crippen LogP contribution in [0.5, 0.6) is 0 Å². The number of nitrogens with one attached hydrogen (secondary N) is 1. The maximum Gasteiger partial charge on any atom is 0.274 e. The van der Waals surface area contributed by atoms with Crippen molar-refractivity contribution in [3.05, 3.63) is 35.9 Å². The number of carbonyl (C=O) groups excluding carboxylic acids is 1. The van der Waals surface area contributed by atoms with Gasteiger partial charge in [0, 0.05) is 5.56 Å². The highest BCUT2D eigenvalue weighted by Gasteiger charge is 2.06. The van der Waals surface area contributed by atoms with Crippen molar-refractivity contribution in [3.8, 4) is 0 Å². The molecule has 1 rings (SSSR count). The summed E-state index contributed by atoms with van der Waals surface area (Å²) in [4.78, 5) is 16.2. The number of aliphatic hydroxyl groups excluding tert-OH is 1. The molecule has 4 nitrogen and oxygen atoms in total. The minimum Gasteiger partial charge on any atom is -0.394 e. The third-order valence-corrected chi connectivity index (χ3v) is 1.65. The maximum atomic E-state index is 11.3. The first kappa shape index (κ1) is 10.7. The fraction of sp³-hybridized carbons (Fsp3) is 0.300. The summed E-state index contributed by atoms with van der Waals surface area (Å²) in [5, 5.41) is 8.64. The molecule has 1 aromatic rings. The Balaban J connectivity index is 2.44. The monoisotopic (exact) mass is 195 g/mol. The van der Waals surface area contributed by atoms with Gasteiger partial charge in [0.2, 0.25) is 0 Å². The highest BCUT2D eigenvalue weighted by atomic mass is 16.7. The van der Waals surface area contributed by atoms with Crippen LogP contribution in [-0.4, -0.2) is 23.7 Å². The van der Waals surface area contributed by atoms with Gasteiger partial charge in [0.15, 0.2) is 0 Å². The third kappa shape index (κ3) is 3.16. The molecule has 1 amide bonds. The molecule has 4 heteroatoms. The van der Waals surface area contributed by atoms with E-state index in [1.54, 1.807) is 31.2 Å². The average molecular weight is 195 g/mol. The van der Waals surface area contributed by atoms with E-state index < -0.39 is 6.10 Å². The van der Waals surface area contributed by atoms with E-state index in [4.69, 9.17) is 9.94 Å². The van der Waals surface area contributed by atoms with Crippen molar-refractivity contribution in [1.82, 2.24) is 5.48 Å². The van der Waals surface area contributed by atoms with E-state index in [1.807, 2.05) is 6.07 Å². The summed E-state index contributed by atoms with van der Waals surface area (Å²) < 4.78 is 0. The van der Waals surface area contributed by atoms with Crippen LogP contribution >= 0.6 is 0 Å². The minimum atomic E-state index is -0.400. The van der Waals surface area contributed by atoms with Gasteiger partial charge >= 0.3 is 0 Å². The van der Waals surface area contributed by atoms with Crippen LogP contribution in [0.25, 0.3) is 0 Å². The molecule has 0 bridgehead atoms. The molecule has 0 spiro atoms. The Kier molecular flexibility index (Phi) is 4.10. The molecule has 0 aliphatic heterocycles. The summed E-state index contributed by atoms with van der Waals surface area (Å²) in [6, 6.07) is 8.73. The lowest BCUT2D eigenvalue weighted by molar-refractivity contribution is -0.0304. The van der Waals surface area contributed by atoms with Crippen molar-refractivity contribution < 1.29 is 14.7 Å². The van der Waals surface area contributed by atoms with Crippen LogP contribution in [0.15, 0.2) is 30.3 Å². The van der Waals surface area contributed by atoms with E-state index in [-0.39, 0.29) is 12.5 Å². The van der Waals surface area contributed by atoms with Gasteiger partial charge in [-0.2, -0.15) is 0 Å². The molecule has 14 heavy (non-hydrogen) atoms. The largest absolute Gasteiger partial charge is 0.394 e. The number of hydrogen-bond donors (Lipinski definition) is 2. The minimum absolute atomic E-state index is 0.130. The van der Waals surface area contributed by atoms with Crippen LogP contribution in [0.4, 0.5) is 0 Å². The van der Waals surface area contributed by atoms with Gasteiger partial charge in [-0.1, -0.05) is 18.2 Å². The Labute approximate surface area is 82.5 Å². The Hall–Kier alpha value is -1.39. The number of hydrogen-bond acceptors (Lipinski definition) is 3. The first-order chi connectivity index (χ1) is 6.74. The molecule has 0 unspecified atom stereocenters. The van der Waals surface area contributed by atoms with Gasteiger partial charge in [-0.25, -0.2) is 5.48 Å². The van der Waals surface area contributed by atoms with Crippen molar-refractivity contribution in [3.63, 3.8) is 0 Å². The molecule has 0 aromatic heterocycles. The van der Waals surface area contributed by atoms with Crippen molar-refractivity contribution in [1.29, 1.82) is 0 Å². The first-order valence-electron chi connectivity index (χ1n) is 4.36. The summed E-state index contributed by atoms with van der Waals surface area (Å²) in [6.07, 6.45) is -0.400. The van der Waals surface area contributed by atoms with Gasteiger partial charge < -0.3 is 5.11 Å². The summed E-state index contributed by atoms with van der Waals surface area (Å²) in [5.41, 5.74) is 2.78. The number of carbonyl (C=O) groups is 1. The average Bonchev–Trinajstić information content (AvgIpc) is 2.26. The molecule has 0 heterocycles. The van der Waals surface area contributed by atoms with Gasteiger partial charge in [0.05, 0.1) is 6.61 Å². The van der Waals surface area contributed by atoms with E-state index in [1.165, 1.54) is 0 Å². The topological polar surface area (TPSA) is 58.6 Å². The standard InChI is InChI=1S/C10H13NO3/c1-8(7-12)14-11-10(13)9-5-3-2-4-6-9/h2-6,8,12H,7H2,1H3,(H,11,13)/t8-/m0/s1. The van der Waals surface area contributed by atoms with Gasteiger partial charge in [0.1, 0.15) is 6.10 Å². The first-order valence-corrected chi connectivity index (χ1v) is 4.36. The van der Waals surface area contributed by atoms with Gasteiger partial charge in [0.25, 0.3) is 5.91 Å². The Bertz CT molecular complexity index is 287.